The van der Waals surface area contributed by atoms with Crippen molar-refractivity contribution < 1.29 is 23.5 Å². The summed E-state index contributed by atoms with van der Waals surface area (Å²) in [5.41, 5.74) is 3.84. The molecule has 1 fully saturated rings. The van der Waals surface area contributed by atoms with Gasteiger partial charge in [-0.3, -0.25) is 19.5 Å². The van der Waals surface area contributed by atoms with Gasteiger partial charge in [-0.25, -0.2) is 9.37 Å². The normalized spacial score (nSPS) is 17.3. The average Bonchev–Trinajstić information content (AvgIpc) is 3.66. The van der Waals surface area contributed by atoms with Crippen LogP contribution in [0.15, 0.2) is 67.3 Å². The third kappa shape index (κ3) is 7.78. The topological polar surface area (TPSA) is 107 Å². The number of aromatic nitrogens is 2. The monoisotopic (exact) mass is 619 g/mol. The Labute approximate surface area is 260 Å². The number of halogens is 1. The second-order valence-electron chi connectivity index (χ2n) is 10.8. The quantitative estimate of drug-likeness (QED) is 0.116. The fourth-order valence-corrected chi connectivity index (χ4v) is 6.18. The van der Waals surface area contributed by atoms with Crippen LogP contribution in [0.4, 0.5) is 16.0 Å². The number of methoxy groups -OCH3 is 1. The van der Waals surface area contributed by atoms with Gasteiger partial charge in [-0.05, 0) is 86.7 Å². The fourth-order valence-electron chi connectivity index (χ4n) is 5.34. The Hall–Kier alpha value is -3.90. The molecular weight excluding hydrogens is 581 g/mol. The lowest BCUT2D eigenvalue weighted by atomic mass is 9.93. The van der Waals surface area contributed by atoms with Crippen LogP contribution in [0, 0.1) is 0 Å². The molecule has 0 aliphatic heterocycles. The molecule has 0 radical (unpaired) electrons. The van der Waals surface area contributed by atoms with Crippen LogP contribution in [0.5, 0.6) is 0 Å². The zero-order valence-electron chi connectivity index (χ0n) is 25.0. The number of hydrogen-bond donors (Lipinski definition) is 3. The Morgan fingerprint density at radius 2 is 1.93 bits per heavy atom. The number of fused-ring (bicyclic) bond motifs is 1. The minimum absolute atomic E-state index is 0.293. The first-order valence-corrected chi connectivity index (χ1v) is 15.6. The van der Waals surface area contributed by atoms with Crippen LogP contribution < -0.4 is 16.0 Å². The molecule has 1 unspecified atom stereocenters. The number of nitrogens with one attached hydrogen (secondary N) is 3. The highest BCUT2D eigenvalue weighted by molar-refractivity contribution is 7.14. The van der Waals surface area contributed by atoms with Crippen LogP contribution in [0.1, 0.15) is 58.9 Å². The second kappa shape index (κ2) is 14.7. The summed E-state index contributed by atoms with van der Waals surface area (Å²) in [6, 6.07) is 17.0. The Bertz CT molecular complexity index is 1610. The second-order valence-corrected chi connectivity index (χ2v) is 11.9. The first-order valence-electron chi connectivity index (χ1n) is 14.8. The Morgan fingerprint density at radius 3 is 2.66 bits per heavy atom. The highest BCUT2D eigenvalue weighted by atomic mass is 32.1. The van der Waals surface area contributed by atoms with E-state index in [-0.39, 0.29) is 11.8 Å². The first kappa shape index (κ1) is 31.5. The number of ether oxygens (including phenoxy) is 2. The molecule has 1 aliphatic carbocycles. The van der Waals surface area contributed by atoms with E-state index in [1.165, 1.54) is 13.0 Å². The van der Waals surface area contributed by atoms with E-state index in [4.69, 9.17) is 14.5 Å². The van der Waals surface area contributed by atoms with Crippen LogP contribution in [0.25, 0.3) is 16.7 Å². The van der Waals surface area contributed by atoms with Gasteiger partial charge in [0.2, 0.25) is 11.9 Å². The van der Waals surface area contributed by atoms with Crippen molar-refractivity contribution in [2.75, 3.05) is 31.0 Å². The van der Waals surface area contributed by atoms with Gasteiger partial charge in [-0.15, -0.1) is 11.3 Å². The molecule has 232 valence electrons. The number of imidazole rings is 1. The lowest BCUT2D eigenvalue weighted by Gasteiger charge is -2.29. The van der Waals surface area contributed by atoms with Crippen molar-refractivity contribution in [1.82, 2.24) is 14.9 Å². The first-order chi connectivity index (χ1) is 21.3. The smallest absolute Gasteiger partial charge is 0.268 e. The summed E-state index contributed by atoms with van der Waals surface area (Å²) >= 11 is 1.11. The van der Waals surface area contributed by atoms with E-state index in [0.29, 0.717) is 64.5 Å². The van der Waals surface area contributed by atoms with Crippen molar-refractivity contribution in [3.05, 3.63) is 82.6 Å². The van der Waals surface area contributed by atoms with E-state index in [0.717, 1.165) is 48.1 Å². The molecule has 44 heavy (non-hydrogen) atoms. The van der Waals surface area contributed by atoms with Gasteiger partial charge in [0.05, 0.1) is 40.9 Å². The summed E-state index contributed by atoms with van der Waals surface area (Å²) in [6.07, 6.45) is 4.49. The zero-order chi connectivity index (χ0) is 31.1. The van der Waals surface area contributed by atoms with Crippen molar-refractivity contribution in [3.8, 4) is 5.69 Å². The summed E-state index contributed by atoms with van der Waals surface area (Å²) < 4.78 is 26.6. The molecule has 2 aromatic carbocycles. The van der Waals surface area contributed by atoms with E-state index in [9.17, 15) is 14.0 Å². The maximum Gasteiger partial charge on any atom is 0.268 e. The fraction of sp³-hybridized carbons (Fsp3) is 0.364. The Balaban J connectivity index is 1.37. The number of alkyl halides is 1. The Kier molecular flexibility index (Phi) is 10.5. The van der Waals surface area contributed by atoms with Crippen LogP contribution >= 0.6 is 11.3 Å². The molecule has 5 rings (SSSR count). The molecule has 1 aliphatic rings. The zero-order valence-corrected chi connectivity index (χ0v) is 25.8. The predicted octanol–water partition coefficient (Wildman–Crippen LogP) is 6.56. The van der Waals surface area contributed by atoms with Gasteiger partial charge >= 0.3 is 0 Å². The number of amides is 2. The number of carbonyl (C=O) groups excluding carboxylic acids is 2. The average molecular weight is 620 g/mol. The number of rotatable bonds is 13. The Morgan fingerprint density at radius 1 is 1.11 bits per heavy atom. The van der Waals surface area contributed by atoms with Crippen LogP contribution in [0.3, 0.4) is 0 Å². The van der Waals surface area contributed by atoms with Crippen molar-refractivity contribution in [2.45, 2.75) is 57.5 Å². The molecule has 1 saturated carbocycles. The number of carbonyl (C=O) groups is 2. The largest absolute Gasteiger partial charge is 0.382 e. The standard InChI is InChI=1S/C33H38FN5O4S/c1-4-31(40)36-24-6-5-7-25(19-24)39-28-13-8-22(20-35-23-9-11-26(12-10-23)43-17-16-42-3)18-27(28)37-33(39)38-32(41)30-15-14-29(44-30)21(2)34/h4-8,13-15,18-19,21,23,26,35H,1,9-12,16-17,20H2,2-3H3,(H,36,40)(H,37,38,41). The van der Waals surface area contributed by atoms with Gasteiger partial charge in [0.15, 0.2) is 0 Å². The summed E-state index contributed by atoms with van der Waals surface area (Å²) in [5, 5.41) is 9.38. The molecule has 9 nitrogen and oxygen atoms in total. The molecule has 2 heterocycles. The number of anilines is 2. The highest BCUT2D eigenvalue weighted by Gasteiger charge is 2.22. The van der Waals surface area contributed by atoms with Gasteiger partial charge in [0.25, 0.3) is 5.91 Å². The molecule has 0 spiro atoms. The lowest BCUT2D eigenvalue weighted by Crippen LogP contribution is -2.35. The van der Waals surface area contributed by atoms with Crippen LogP contribution in [-0.2, 0) is 20.8 Å². The summed E-state index contributed by atoms with van der Waals surface area (Å²) in [6.45, 7) is 6.90. The third-order valence-corrected chi connectivity index (χ3v) is 8.89. The van der Waals surface area contributed by atoms with Gasteiger partial charge < -0.3 is 20.1 Å². The van der Waals surface area contributed by atoms with E-state index < -0.39 is 6.17 Å². The third-order valence-electron chi connectivity index (χ3n) is 7.65. The van der Waals surface area contributed by atoms with Crippen LogP contribution in [0.2, 0.25) is 0 Å². The molecule has 1 atom stereocenters. The minimum Gasteiger partial charge on any atom is -0.382 e. The number of thiophene rings is 1. The molecule has 3 N–H and O–H groups in total. The number of nitrogens with zero attached hydrogens (tertiary/aromatic N) is 2. The van der Waals surface area contributed by atoms with Crippen molar-refractivity contribution >= 4 is 45.8 Å². The number of hydrogen-bond acceptors (Lipinski definition) is 7. The van der Waals surface area contributed by atoms with E-state index in [2.05, 4.69) is 28.6 Å². The predicted molar refractivity (Wildman–Crippen MR) is 172 cm³/mol. The van der Waals surface area contributed by atoms with Crippen molar-refractivity contribution in [2.24, 2.45) is 0 Å². The molecule has 2 aromatic heterocycles. The van der Waals surface area contributed by atoms with Gasteiger partial charge in [-0.2, -0.15) is 0 Å². The number of benzene rings is 2. The van der Waals surface area contributed by atoms with E-state index >= 15 is 0 Å². The summed E-state index contributed by atoms with van der Waals surface area (Å²) in [4.78, 5) is 30.9. The molecule has 0 bridgehead atoms. The van der Waals surface area contributed by atoms with Gasteiger partial charge in [0.1, 0.15) is 6.17 Å². The molecule has 0 saturated heterocycles. The lowest BCUT2D eigenvalue weighted by molar-refractivity contribution is -0.111. The van der Waals surface area contributed by atoms with Gasteiger partial charge in [-0.1, -0.05) is 18.7 Å². The molecule has 2 amide bonds. The SMILES string of the molecule is C=CC(=O)Nc1cccc(-n2c(NC(=O)c3ccc(C(C)F)s3)nc3cc(CNC4CCC(OCCOC)CC4)ccc32)c1. The van der Waals surface area contributed by atoms with E-state index in [1.54, 1.807) is 31.4 Å². The summed E-state index contributed by atoms with van der Waals surface area (Å²) in [7, 11) is 1.68. The summed E-state index contributed by atoms with van der Waals surface area (Å²) in [5.74, 6) is -0.387. The molecule has 11 heteroatoms. The van der Waals surface area contributed by atoms with Crippen LogP contribution in [-0.4, -0.2) is 53.8 Å². The molecule has 4 aromatic rings. The maximum atomic E-state index is 13.8. The van der Waals surface area contributed by atoms with Crippen molar-refractivity contribution in [1.29, 1.82) is 0 Å². The van der Waals surface area contributed by atoms with Gasteiger partial charge in [0, 0.05) is 30.3 Å². The van der Waals surface area contributed by atoms with E-state index in [1.807, 2.05) is 28.8 Å². The maximum absolute atomic E-state index is 13.8. The minimum atomic E-state index is -1.16. The highest BCUT2D eigenvalue weighted by Crippen LogP contribution is 2.30. The molecular formula is C33H38FN5O4S. The van der Waals surface area contributed by atoms with Crippen molar-refractivity contribution in [3.63, 3.8) is 0 Å².